The normalized spacial score (nSPS) is 13.5. The molecule has 1 fully saturated rings. The van der Waals surface area contributed by atoms with Gasteiger partial charge in [0.15, 0.2) is 0 Å². The zero-order valence-electron chi connectivity index (χ0n) is 13.9. The van der Waals surface area contributed by atoms with Crippen LogP contribution >= 0.6 is 0 Å². The van der Waals surface area contributed by atoms with E-state index in [1.54, 1.807) is 29.3 Å². The number of carbonyl (C=O) groups is 1. The maximum Gasteiger partial charge on any atom is 0.254 e. The van der Waals surface area contributed by atoms with Gasteiger partial charge in [0, 0.05) is 18.2 Å². The van der Waals surface area contributed by atoms with E-state index in [2.05, 4.69) is 25.6 Å². The molecule has 0 unspecified atom stereocenters. The van der Waals surface area contributed by atoms with Gasteiger partial charge in [-0.1, -0.05) is 5.21 Å². The second-order valence-electron chi connectivity index (χ2n) is 6.20. The van der Waals surface area contributed by atoms with Gasteiger partial charge in [0.05, 0.1) is 36.6 Å². The van der Waals surface area contributed by atoms with E-state index in [4.69, 9.17) is 0 Å². The molecule has 3 heterocycles. The van der Waals surface area contributed by atoms with E-state index in [1.807, 2.05) is 6.07 Å². The van der Waals surface area contributed by atoms with Crippen molar-refractivity contribution in [1.82, 2.24) is 34.8 Å². The van der Waals surface area contributed by atoms with Gasteiger partial charge in [-0.05, 0) is 25.0 Å². The Labute approximate surface area is 148 Å². The van der Waals surface area contributed by atoms with Crippen molar-refractivity contribution in [2.45, 2.75) is 31.8 Å². The predicted molar refractivity (Wildman–Crippen MR) is 91.5 cm³/mol. The van der Waals surface area contributed by atoms with Crippen molar-refractivity contribution in [3.63, 3.8) is 0 Å². The summed E-state index contributed by atoms with van der Waals surface area (Å²) < 4.78 is 2.88. The second kappa shape index (κ2) is 6.87. The van der Waals surface area contributed by atoms with Gasteiger partial charge in [0.2, 0.25) is 5.91 Å². The molecule has 1 aliphatic rings. The molecule has 0 aliphatic heterocycles. The summed E-state index contributed by atoms with van der Waals surface area (Å²) in [6.07, 6.45) is 8.66. The maximum absolute atomic E-state index is 12.1. The molecule has 0 aromatic carbocycles. The largest absolute Gasteiger partial charge is 0.349 e. The Balaban J connectivity index is 1.34. The van der Waals surface area contributed by atoms with Crippen molar-refractivity contribution >= 4 is 5.91 Å². The Bertz CT molecular complexity index is 976. The highest BCUT2D eigenvalue weighted by Gasteiger charge is 2.25. The molecule has 0 radical (unpaired) electrons. The number of carbonyl (C=O) groups excluding carboxylic acids is 1. The number of amides is 1. The van der Waals surface area contributed by atoms with Crippen LogP contribution in [0.2, 0.25) is 0 Å². The Morgan fingerprint density at radius 1 is 1.35 bits per heavy atom. The quantitative estimate of drug-likeness (QED) is 0.689. The fraction of sp³-hybridized carbons (Fsp3) is 0.294. The molecule has 1 aliphatic carbocycles. The Hall–Kier alpha value is -3.36. The van der Waals surface area contributed by atoms with E-state index in [0.29, 0.717) is 11.6 Å². The second-order valence-corrected chi connectivity index (χ2v) is 6.20. The van der Waals surface area contributed by atoms with Crippen LogP contribution < -0.4 is 10.9 Å². The van der Waals surface area contributed by atoms with Gasteiger partial charge < -0.3 is 5.32 Å². The molecule has 9 heteroatoms. The molecule has 0 bridgehead atoms. The van der Waals surface area contributed by atoms with Crippen LogP contribution in [0.15, 0.2) is 47.9 Å². The molecule has 0 saturated heterocycles. The number of rotatable bonds is 6. The summed E-state index contributed by atoms with van der Waals surface area (Å²) in [5.41, 5.74) is 2.00. The van der Waals surface area contributed by atoms with E-state index in [-0.39, 0.29) is 24.6 Å². The smallest absolute Gasteiger partial charge is 0.254 e. The fourth-order valence-corrected chi connectivity index (χ4v) is 2.56. The number of nitrogens with one attached hydrogen (secondary N) is 1. The van der Waals surface area contributed by atoms with Gasteiger partial charge in [-0.2, -0.15) is 0 Å². The lowest BCUT2D eigenvalue weighted by atomic mass is 10.3. The summed E-state index contributed by atoms with van der Waals surface area (Å²) in [5.74, 6) is 0.123. The minimum atomic E-state index is -0.288. The molecule has 0 spiro atoms. The third kappa shape index (κ3) is 3.66. The molecule has 132 valence electrons. The zero-order valence-corrected chi connectivity index (χ0v) is 13.9. The van der Waals surface area contributed by atoms with Crippen LogP contribution in [-0.4, -0.2) is 35.4 Å². The van der Waals surface area contributed by atoms with Crippen molar-refractivity contribution in [3.8, 4) is 5.69 Å². The van der Waals surface area contributed by atoms with Crippen LogP contribution in [0.5, 0.6) is 0 Å². The summed E-state index contributed by atoms with van der Waals surface area (Å²) in [6, 6.07) is 5.18. The summed E-state index contributed by atoms with van der Waals surface area (Å²) in [7, 11) is 0. The molecule has 9 nitrogen and oxygen atoms in total. The molecule has 4 rings (SSSR count). The first-order valence-electron chi connectivity index (χ1n) is 8.34. The lowest BCUT2D eigenvalue weighted by Gasteiger charge is -2.06. The number of aromatic nitrogens is 6. The molecule has 3 aromatic heterocycles. The molecule has 26 heavy (non-hydrogen) atoms. The van der Waals surface area contributed by atoms with E-state index in [0.717, 1.165) is 24.2 Å². The molecule has 1 N–H and O–H groups in total. The van der Waals surface area contributed by atoms with Crippen molar-refractivity contribution in [1.29, 1.82) is 0 Å². The van der Waals surface area contributed by atoms with Crippen LogP contribution in [-0.2, 0) is 17.9 Å². The minimum absolute atomic E-state index is 0.0759. The summed E-state index contributed by atoms with van der Waals surface area (Å²) >= 11 is 0. The third-order valence-electron chi connectivity index (χ3n) is 4.13. The summed E-state index contributed by atoms with van der Waals surface area (Å²) in [6.45, 7) is 0.148. The zero-order chi connectivity index (χ0) is 17.9. The van der Waals surface area contributed by atoms with Crippen LogP contribution in [0.1, 0.15) is 30.1 Å². The number of pyridine rings is 1. The van der Waals surface area contributed by atoms with Crippen molar-refractivity contribution < 1.29 is 4.79 Å². The summed E-state index contributed by atoms with van der Waals surface area (Å²) in [4.78, 5) is 32.4. The fourth-order valence-electron chi connectivity index (χ4n) is 2.56. The SMILES string of the molecule is O=C(Cn1cnc(C2CC2)cc1=O)NCc1cn(-c2cccnc2)nn1. The van der Waals surface area contributed by atoms with Crippen LogP contribution in [0.4, 0.5) is 0 Å². The van der Waals surface area contributed by atoms with Crippen LogP contribution in [0.25, 0.3) is 5.69 Å². The van der Waals surface area contributed by atoms with Crippen molar-refractivity contribution in [2.24, 2.45) is 0 Å². The Kier molecular flexibility index (Phi) is 4.26. The predicted octanol–water partition coefficient (Wildman–Crippen LogP) is 0.413. The number of hydrogen-bond donors (Lipinski definition) is 1. The van der Waals surface area contributed by atoms with Gasteiger partial charge in [0.1, 0.15) is 12.2 Å². The maximum atomic E-state index is 12.1. The molecule has 3 aromatic rings. The third-order valence-corrected chi connectivity index (χ3v) is 4.13. The van der Waals surface area contributed by atoms with E-state index >= 15 is 0 Å². The molecule has 1 amide bonds. The minimum Gasteiger partial charge on any atom is -0.349 e. The highest BCUT2D eigenvalue weighted by molar-refractivity contribution is 5.75. The molecular formula is C17H17N7O2. The first-order valence-corrected chi connectivity index (χ1v) is 8.34. The van der Waals surface area contributed by atoms with Gasteiger partial charge >= 0.3 is 0 Å². The van der Waals surface area contributed by atoms with Crippen LogP contribution in [0, 0.1) is 0 Å². The number of hydrogen-bond acceptors (Lipinski definition) is 6. The first kappa shape index (κ1) is 16.1. The average Bonchev–Trinajstić information content (AvgIpc) is 3.40. The van der Waals surface area contributed by atoms with Gasteiger partial charge in [-0.15, -0.1) is 5.10 Å². The van der Waals surface area contributed by atoms with E-state index in [9.17, 15) is 9.59 Å². The molecular weight excluding hydrogens is 334 g/mol. The molecule has 1 saturated carbocycles. The average molecular weight is 351 g/mol. The highest BCUT2D eigenvalue weighted by atomic mass is 16.2. The standard InChI is InChI=1S/C17H17N7O2/c25-16(10-23-11-20-15(6-17(23)26)12-3-4-12)19-7-13-9-24(22-21-13)14-2-1-5-18-8-14/h1-2,5-6,8-9,11-12H,3-4,7,10H2,(H,19,25). The van der Waals surface area contributed by atoms with Gasteiger partial charge in [0.25, 0.3) is 5.56 Å². The first-order chi connectivity index (χ1) is 12.7. The summed E-state index contributed by atoms with van der Waals surface area (Å²) in [5, 5.41) is 10.8. The van der Waals surface area contributed by atoms with Gasteiger partial charge in [-0.3, -0.25) is 19.1 Å². The van der Waals surface area contributed by atoms with Crippen LogP contribution in [0.3, 0.4) is 0 Å². The van der Waals surface area contributed by atoms with E-state index in [1.165, 1.54) is 17.0 Å². The highest BCUT2D eigenvalue weighted by Crippen LogP contribution is 2.38. The van der Waals surface area contributed by atoms with E-state index < -0.39 is 0 Å². The lowest BCUT2D eigenvalue weighted by Crippen LogP contribution is -2.32. The number of nitrogens with zero attached hydrogens (tertiary/aromatic N) is 6. The monoisotopic (exact) mass is 351 g/mol. The van der Waals surface area contributed by atoms with Gasteiger partial charge in [-0.25, -0.2) is 9.67 Å². The van der Waals surface area contributed by atoms with Crippen molar-refractivity contribution in [2.75, 3.05) is 0 Å². The van der Waals surface area contributed by atoms with Crippen molar-refractivity contribution in [3.05, 3.63) is 64.9 Å². The Morgan fingerprint density at radius 2 is 2.23 bits per heavy atom. The Morgan fingerprint density at radius 3 is 2.96 bits per heavy atom. The lowest BCUT2D eigenvalue weighted by molar-refractivity contribution is -0.121. The topological polar surface area (TPSA) is 108 Å². The molecule has 0 atom stereocenters.